The third-order valence-corrected chi connectivity index (χ3v) is 7.49. The van der Waals surface area contributed by atoms with Gasteiger partial charge in [-0.3, -0.25) is 14.2 Å². The minimum atomic E-state index is -2.92. The van der Waals surface area contributed by atoms with Crippen LogP contribution in [0, 0.1) is 11.7 Å². The van der Waals surface area contributed by atoms with Crippen molar-refractivity contribution < 1.29 is 22.7 Å². The van der Waals surface area contributed by atoms with Crippen LogP contribution in [0.3, 0.4) is 0 Å². The van der Waals surface area contributed by atoms with Gasteiger partial charge in [-0.15, -0.1) is 0 Å². The number of nitrogens with zero attached hydrogens (tertiary/aromatic N) is 4. The van der Waals surface area contributed by atoms with E-state index in [1.54, 1.807) is 20.2 Å². The van der Waals surface area contributed by atoms with Crippen molar-refractivity contribution >= 4 is 22.8 Å². The smallest absolute Gasteiger partial charge is 0.266 e. The summed E-state index contributed by atoms with van der Waals surface area (Å²) in [7, 11) is 3.16. The number of alkyl halides is 2. The molecular formula is C26H28F3N5O3. The Morgan fingerprint density at radius 2 is 1.97 bits per heavy atom. The normalized spacial score (nSPS) is 17.4. The second kappa shape index (κ2) is 9.77. The number of nitrogens with one attached hydrogen (secondary N) is 1. The van der Waals surface area contributed by atoms with Crippen molar-refractivity contribution in [2.75, 3.05) is 25.5 Å². The van der Waals surface area contributed by atoms with Gasteiger partial charge in [-0.05, 0) is 31.7 Å². The Morgan fingerprint density at radius 3 is 2.62 bits per heavy atom. The van der Waals surface area contributed by atoms with Crippen molar-refractivity contribution in [3.05, 3.63) is 63.5 Å². The van der Waals surface area contributed by atoms with Gasteiger partial charge in [-0.1, -0.05) is 18.2 Å². The summed E-state index contributed by atoms with van der Waals surface area (Å²) < 4.78 is 48.1. The molecule has 1 aliphatic carbocycles. The number of hydrogen-bond acceptors (Lipinski definition) is 6. The van der Waals surface area contributed by atoms with E-state index in [0.29, 0.717) is 48.3 Å². The zero-order valence-corrected chi connectivity index (χ0v) is 20.6. The first-order valence-corrected chi connectivity index (χ1v) is 12.2. The standard InChI is InChI=1S/C26H28F3N5O3/c1-33-23-18(22(31-14-32-23)30-13-16-4-3-5-17(20(16)27)21(28)29)12-19(25(33)36)26(37-2)8-10-34(11-9-26)24(35)15-6-7-15/h3-5,12,14-15,21H,6-11,13H2,1-2H3,(H,30,31,32). The SMILES string of the molecule is COC1(c2cc3c(NCc4cccc(C(F)F)c4F)ncnc3n(C)c2=O)CCN(C(=O)C2CC2)CC1. The highest BCUT2D eigenvalue weighted by Crippen LogP contribution is 2.38. The molecule has 8 nitrogen and oxygen atoms in total. The number of rotatable bonds is 7. The van der Waals surface area contributed by atoms with Crippen LogP contribution in [0.15, 0.2) is 35.4 Å². The van der Waals surface area contributed by atoms with Crippen LogP contribution in [-0.4, -0.2) is 45.5 Å². The van der Waals surface area contributed by atoms with E-state index in [0.717, 1.165) is 18.9 Å². The lowest BCUT2D eigenvalue weighted by Crippen LogP contribution is -2.49. The largest absolute Gasteiger partial charge is 0.373 e. The molecule has 0 atom stereocenters. The highest BCUT2D eigenvalue weighted by atomic mass is 19.3. The van der Waals surface area contributed by atoms with Crippen molar-refractivity contribution in [2.24, 2.45) is 13.0 Å². The van der Waals surface area contributed by atoms with Gasteiger partial charge < -0.3 is 15.0 Å². The summed E-state index contributed by atoms with van der Waals surface area (Å²) >= 11 is 0. The second-order valence-corrected chi connectivity index (χ2v) is 9.65. The van der Waals surface area contributed by atoms with Crippen molar-refractivity contribution in [1.29, 1.82) is 0 Å². The Bertz CT molecular complexity index is 1400. The molecule has 0 spiro atoms. The highest BCUT2D eigenvalue weighted by Gasteiger charge is 2.42. The first-order valence-electron chi connectivity index (χ1n) is 12.2. The summed E-state index contributed by atoms with van der Waals surface area (Å²) in [6.45, 7) is 0.880. The predicted molar refractivity (Wildman–Crippen MR) is 131 cm³/mol. The van der Waals surface area contributed by atoms with Gasteiger partial charge in [-0.25, -0.2) is 23.1 Å². The summed E-state index contributed by atoms with van der Waals surface area (Å²) in [5.41, 5.74) is -0.973. The fraction of sp³-hybridized carbons (Fsp3) is 0.462. The minimum absolute atomic E-state index is 0.0654. The summed E-state index contributed by atoms with van der Waals surface area (Å²) in [4.78, 5) is 36.3. The van der Waals surface area contributed by atoms with Crippen molar-refractivity contribution in [3.63, 3.8) is 0 Å². The summed E-state index contributed by atoms with van der Waals surface area (Å²) in [6.07, 6.45) is 1.15. The van der Waals surface area contributed by atoms with E-state index >= 15 is 0 Å². The minimum Gasteiger partial charge on any atom is -0.373 e. The molecule has 2 aliphatic rings. The number of piperidine rings is 1. The molecule has 5 rings (SSSR count). The summed E-state index contributed by atoms with van der Waals surface area (Å²) in [5.74, 6) is -0.349. The number of anilines is 1. The third-order valence-electron chi connectivity index (χ3n) is 7.49. The Labute approximate surface area is 211 Å². The number of methoxy groups -OCH3 is 1. The number of aryl methyl sites for hydroxylation is 1. The van der Waals surface area contributed by atoms with Gasteiger partial charge >= 0.3 is 0 Å². The number of amides is 1. The number of fused-ring (bicyclic) bond motifs is 1. The van der Waals surface area contributed by atoms with E-state index in [2.05, 4.69) is 15.3 Å². The van der Waals surface area contributed by atoms with Gasteiger partial charge in [-0.2, -0.15) is 0 Å². The third kappa shape index (κ3) is 4.56. The Morgan fingerprint density at radius 1 is 1.24 bits per heavy atom. The topological polar surface area (TPSA) is 89.3 Å². The number of aromatic nitrogens is 3. The molecule has 1 aromatic carbocycles. The Hall–Kier alpha value is -3.47. The number of hydrogen-bond donors (Lipinski definition) is 1. The van der Waals surface area contributed by atoms with E-state index in [4.69, 9.17) is 4.74 Å². The van der Waals surface area contributed by atoms with Gasteiger partial charge in [0.1, 0.15) is 29.2 Å². The summed E-state index contributed by atoms with van der Waals surface area (Å²) in [5, 5.41) is 3.53. The van der Waals surface area contributed by atoms with E-state index in [9.17, 15) is 22.8 Å². The molecule has 1 aliphatic heterocycles. The average Bonchev–Trinajstić information content (AvgIpc) is 3.75. The molecule has 2 fully saturated rings. The first kappa shape index (κ1) is 25.2. The lowest BCUT2D eigenvalue weighted by molar-refractivity contribution is -0.138. The van der Waals surface area contributed by atoms with Crippen molar-refractivity contribution in [3.8, 4) is 0 Å². The number of halogens is 3. The van der Waals surface area contributed by atoms with Gasteiger partial charge in [0, 0.05) is 45.3 Å². The maximum absolute atomic E-state index is 14.6. The fourth-order valence-corrected chi connectivity index (χ4v) is 5.08. The highest BCUT2D eigenvalue weighted by molar-refractivity contribution is 5.87. The molecule has 1 amide bonds. The van der Waals surface area contributed by atoms with Gasteiger partial charge in [0.2, 0.25) is 5.91 Å². The molecule has 1 saturated heterocycles. The second-order valence-electron chi connectivity index (χ2n) is 9.65. The lowest BCUT2D eigenvalue weighted by Gasteiger charge is -2.41. The van der Waals surface area contributed by atoms with Gasteiger partial charge in [0.05, 0.1) is 16.5 Å². The Kier molecular flexibility index (Phi) is 6.65. The molecule has 0 unspecified atom stereocenters. The molecule has 1 N–H and O–H groups in total. The van der Waals surface area contributed by atoms with Crippen LogP contribution in [0.5, 0.6) is 0 Å². The zero-order chi connectivity index (χ0) is 26.3. The monoisotopic (exact) mass is 515 g/mol. The number of carbonyl (C=O) groups excluding carboxylic acids is 1. The maximum atomic E-state index is 14.6. The zero-order valence-electron chi connectivity index (χ0n) is 20.6. The van der Waals surface area contributed by atoms with Crippen LogP contribution in [-0.2, 0) is 28.7 Å². The number of ether oxygens (including phenoxy) is 1. The maximum Gasteiger partial charge on any atom is 0.266 e. The van der Waals surface area contributed by atoms with Gasteiger partial charge in [0.25, 0.3) is 12.0 Å². The van der Waals surface area contributed by atoms with E-state index in [1.807, 2.05) is 4.90 Å². The molecule has 37 heavy (non-hydrogen) atoms. The molecule has 3 heterocycles. The molecule has 11 heteroatoms. The van der Waals surface area contributed by atoms with E-state index < -0.39 is 23.4 Å². The van der Waals surface area contributed by atoms with Crippen LogP contribution in [0.2, 0.25) is 0 Å². The lowest BCUT2D eigenvalue weighted by atomic mass is 9.84. The molecule has 3 aromatic rings. The number of likely N-dealkylation sites (tertiary alicyclic amines) is 1. The van der Waals surface area contributed by atoms with Crippen molar-refractivity contribution in [1.82, 2.24) is 19.4 Å². The number of pyridine rings is 1. The average molecular weight is 516 g/mol. The molecule has 196 valence electrons. The van der Waals surface area contributed by atoms with Crippen LogP contribution < -0.4 is 10.9 Å². The van der Waals surface area contributed by atoms with Gasteiger partial charge in [0.15, 0.2) is 0 Å². The van der Waals surface area contributed by atoms with E-state index in [-0.39, 0.29) is 29.5 Å². The molecule has 0 radical (unpaired) electrons. The number of carbonyl (C=O) groups is 1. The number of benzene rings is 1. The van der Waals surface area contributed by atoms with Crippen LogP contribution in [0.4, 0.5) is 19.0 Å². The van der Waals surface area contributed by atoms with Crippen LogP contribution >= 0.6 is 0 Å². The van der Waals surface area contributed by atoms with E-state index in [1.165, 1.54) is 23.0 Å². The van der Waals surface area contributed by atoms with Crippen molar-refractivity contribution in [2.45, 2.75) is 44.3 Å². The summed E-state index contributed by atoms with van der Waals surface area (Å²) in [6, 6.07) is 5.55. The first-order chi connectivity index (χ1) is 17.8. The Balaban J connectivity index is 1.48. The molecule has 0 bridgehead atoms. The molecular weight excluding hydrogens is 487 g/mol. The predicted octanol–water partition coefficient (Wildman–Crippen LogP) is 3.89. The molecule has 1 saturated carbocycles. The van der Waals surface area contributed by atoms with Crippen LogP contribution in [0.1, 0.15) is 48.8 Å². The molecule has 2 aromatic heterocycles. The fourth-order valence-electron chi connectivity index (χ4n) is 5.08. The van der Waals surface area contributed by atoms with Crippen LogP contribution in [0.25, 0.3) is 11.0 Å². The quantitative estimate of drug-likeness (QED) is 0.514.